The number of rotatable bonds is 0. The zero-order chi connectivity index (χ0) is 9.71. The minimum Gasteiger partial charge on any atom is -0.469 e. The predicted molar refractivity (Wildman–Crippen MR) is 53.9 cm³/mol. The highest BCUT2D eigenvalue weighted by molar-refractivity contribution is 5.74. The van der Waals surface area contributed by atoms with Gasteiger partial charge in [0.15, 0.2) is 12.5 Å². The van der Waals surface area contributed by atoms with Crippen LogP contribution in [0, 0.1) is 0 Å². The van der Waals surface area contributed by atoms with E-state index in [4.69, 9.17) is 9.47 Å². The van der Waals surface area contributed by atoms with Crippen molar-refractivity contribution in [1.82, 2.24) is 0 Å². The molecular weight excluding hydrogens is 180 g/mol. The third-order valence-electron chi connectivity index (χ3n) is 2.41. The highest BCUT2D eigenvalue weighted by Gasteiger charge is 2.25. The Morgan fingerprint density at radius 2 is 1.43 bits per heavy atom. The van der Waals surface area contributed by atoms with E-state index in [-0.39, 0.29) is 12.5 Å². The van der Waals surface area contributed by atoms with E-state index in [0.717, 1.165) is 22.9 Å². The fourth-order valence-corrected chi connectivity index (χ4v) is 1.86. The maximum atomic E-state index is 5.55. The van der Waals surface area contributed by atoms with Crippen LogP contribution >= 0.6 is 0 Å². The van der Waals surface area contributed by atoms with Crippen LogP contribution in [0.1, 0.15) is 13.8 Å². The summed E-state index contributed by atoms with van der Waals surface area (Å²) in [6, 6.07) is 3.95. The van der Waals surface area contributed by atoms with E-state index < -0.39 is 0 Å². The largest absolute Gasteiger partial charge is 0.469 e. The molecule has 0 aromatic heterocycles. The molecule has 74 valence electrons. The second-order valence-corrected chi connectivity index (χ2v) is 3.65. The SMILES string of the molecule is CC1Nc2cc3c(cc2O1)OC(C)N3. The number of ether oxygens (including phenoxy) is 2. The van der Waals surface area contributed by atoms with Crippen LogP contribution in [-0.4, -0.2) is 12.5 Å². The van der Waals surface area contributed by atoms with Gasteiger partial charge in [-0.2, -0.15) is 0 Å². The van der Waals surface area contributed by atoms with E-state index in [1.807, 2.05) is 26.0 Å². The van der Waals surface area contributed by atoms with Gasteiger partial charge in [-0.1, -0.05) is 0 Å². The second-order valence-electron chi connectivity index (χ2n) is 3.65. The van der Waals surface area contributed by atoms with E-state index in [9.17, 15) is 0 Å². The zero-order valence-corrected chi connectivity index (χ0v) is 8.13. The zero-order valence-electron chi connectivity index (χ0n) is 8.13. The third kappa shape index (κ3) is 0.999. The monoisotopic (exact) mass is 192 g/mol. The van der Waals surface area contributed by atoms with Gasteiger partial charge in [-0.25, -0.2) is 0 Å². The molecule has 2 unspecified atom stereocenters. The van der Waals surface area contributed by atoms with Crippen LogP contribution < -0.4 is 20.1 Å². The third-order valence-corrected chi connectivity index (χ3v) is 2.41. The second kappa shape index (κ2) is 2.47. The number of hydrogen-bond donors (Lipinski definition) is 2. The Kier molecular flexibility index (Phi) is 1.37. The van der Waals surface area contributed by atoms with Crippen molar-refractivity contribution in [2.45, 2.75) is 26.3 Å². The summed E-state index contributed by atoms with van der Waals surface area (Å²) >= 11 is 0. The van der Waals surface area contributed by atoms with E-state index >= 15 is 0 Å². The molecule has 4 nitrogen and oxygen atoms in total. The van der Waals surface area contributed by atoms with Crippen molar-refractivity contribution in [1.29, 1.82) is 0 Å². The average molecular weight is 192 g/mol. The molecule has 2 aliphatic rings. The van der Waals surface area contributed by atoms with Gasteiger partial charge in [-0.15, -0.1) is 0 Å². The summed E-state index contributed by atoms with van der Waals surface area (Å²) in [6.07, 6.45) is 0.0925. The minimum atomic E-state index is 0.0462. The van der Waals surface area contributed by atoms with Crippen molar-refractivity contribution in [2.24, 2.45) is 0 Å². The molecule has 2 N–H and O–H groups in total. The van der Waals surface area contributed by atoms with Gasteiger partial charge in [0, 0.05) is 6.07 Å². The van der Waals surface area contributed by atoms with Crippen LogP contribution in [0.3, 0.4) is 0 Å². The molecule has 0 bridgehead atoms. The molecule has 1 aromatic carbocycles. The van der Waals surface area contributed by atoms with Gasteiger partial charge in [-0.05, 0) is 19.9 Å². The highest BCUT2D eigenvalue weighted by atomic mass is 16.5. The summed E-state index contributed by atoms with van der Waals surface area (Å²) in [4.78, 5) is 0. The minimum absolute atomic E-state index is 0.0462. The van der Waals surface area contributed by atoms with Crippen molar-refractivity contribution in [3.8, 4) is 11.5 Å². The molecule has 4 heteroatoms. The molecule has 14 heavy (non-hydrogen) atoms. The molecule has 0 aliphatic carbocycles. The van der Waals surface area contributed by atoms with Crippen LogP contribution in [-0.2, 0) is 0 Å². The molecule has 2 aliphatic heterocycles. The fraction of sp³-hybridized carbons (Fsp3) is 0.400. The lowest BCUT2D eigenvalue weighted by Crippen LogP contribution is -2.15. The summed E-state index contributed by atoms with van der Waals surface area (Å²) in [5.41, 5.74) is 2.06. The van der Waals surface area contributed by atoms with Crippen molar-refractivity contribution < 1.29 is 9.47 Å². The van der Waals surface area contributed by atoms with E-state index in [1.54, 1.807) is 0 Å². The first-order valence-corrected chi connectivity index (χ1v) is 4.77. The Balaban J connectivity index is 2.05. The smallest absolute Gasteiger partial charge is 0.167 e. The molecule has 0 saturated carbocycles. The van der Waals surface area contributed by atoms with Crippen molar-refractivity contribution in [3.05, 3.63) is 12.1 Å². The predicted octanol–water partition coefficient (Wildman–Crippen LogP) is 1.99. The fourth-order valence-electron chi connectivity index (χ4n) is 1.86. The van der Waals surface area contributed by atoms with Crippen molar-refractivity contribution in [2.75, 3.05) is 10.6 Å². The maximum absolute atomic E-state index is 5.55. The van der Waals surface area contributed by atoms with Crippen molar-refractivity contribution in [3.63, 3.8) is 0 Å². The molecule has 0 spiro atoms. The molecule has 3 rings (SSSR count). The number of anilines is 2. The Hall–Kier alpha value is -1.58. The maximum Gasteiger partial charge on any atom is 0.167 e. The molecule has 0 radical (unpaired) electrons. The van der Waals surface area contributed by atoms with Gasteiger partial charge >= 0.3 is 0 Å². The number of benzene rings is 1. The molecule has 0 fully saturated rings. The summed E-state index contributed by atoms with van der Waals surface area (Å²) in [5, 5.41) is 6.45. The van der Waals surface area contributed by atoms with Crippen LogP contribution in [0.5, 0.6) is 11.5 Å². The van der Waals surface area contributed by atoms with Gasteiger partial charge < -0.3 is 20.1 Å². The van der Waals surface area contributed by atoms with Crippen LogP contribution in [0.15, 0.2) is 12.1 Å². The summed E-state index contributed by atoms with van der Waals surface area (Å²) in [6.45, 7) is 3.95. The first-order chi connectivity index (χ1) is 6.72. The molecule has 1 aromatic rings. The first kappa shape index (κ1) is 7.79. The van der Waals surface area contributed by atoms with Crippen molar-refractivity contribution >= 4 is 11.4 Å². The Morgan fingerprint density at radius 1 is 0.929 bits per heavy atom. The quantitative estimate of drug-likeness (QED) is 0.659. The lowest BCUT2D eigenvalue weighted by molar-refractivity contribution is 0.263. The first-order valence-electron chi connectivity index (χ1n) is 4.77. The summed E-state index contributed by atoms with van der Waals surface area (Å²) < 4.78 is 11.1. The average Bonchev–Trinajstić information content (AvgIpc) is 2.59. The van der Waals surface area contributed by atoms with E-state index in [2.05, 4.69) is 10.6 Å². The Morgan fingerprint density at radius 3 is 1.93 bits per heavy atom. The van der Waals surface area contributed by atoms with Crippen LogP contribution in [0.4, 0.5) is 11.4 Å². The number of hydrogen-bond acceptors (Lipinski definition) is 4. The highest BCUT2D eigenvalue weighted by Crippen LogP contribution is 2.43. The Bertz CT molecular complexity index is 324. The number of nitrogens with one attached hydrogen (secondary N) is 2. The lowest BCUT2D eigenvalue weighted by Gasteiger charge is -2.03. The Labute approximate surface area is 82.2 Å². The van der Waals surface area contributed by atoms with Gasteiger partial charge in [0.25, 0.3) is 0 Å². The summed E-state index contributed by atoms with van der Waals surface area (Å²) in [5.74, 6) is 1.74. The molecule has 0 amide bonds. The molecule has 2 heterocycles. The van der Waals surface area contributed by atoms with Gasteiger partial charge in [0.2, 0.25) is 0 Å². The van der Waals surface area contributed by atoms with Crippen LogP contribution in [0.2, 0.25) is 0 Å². The van der Waals surface area contributed by atoms with Crippen LogP contribution in [0.25, 0.3) is 0 Å². The molecule has 0 saturated heterocycles. The molecule has 2 atom stereocenters. The van der Waals surface area contributed by atoms with Gasteiger partial charge in [0.1, 0.15) is 11.5 Å². The molecular formula is C10H12N2O2. The van der Waals surface area contributed by atoms with Gasteiger partial charge in [-0.3, -0.25) is 0 Å². The van der Waals surface area contributed by atoms with E-state index in [1.165, 1.54) is 0 Å². The lowest BCUT2D eigenvalue weighted by atomic mass is 10.2. The standard InChI is InChI=1S/C10H12N2O2/c1-5-11-7-3-8-10(4-9(7)13-5)14-6(2)12-8/h3-6,11-12H,1-2H3. The number of fused-ring (bicyclic) bond motifs is 2. The van der Waals surface area contributed by atoms with E-state index in [0.29, 0.717) is 0 Å². The normalized spacial score (nSPS) is 26.7. The van der Waals surface area contributed by atoms with Gasteiger partial charge in [0.05, 0.1) is 11.4 Å². The topological polar surface area (TPSA) is 42.5 Å². The summed E-state index contributed by atoms with van der Waals surface area (Å²) in [7, 11) is 0.